The van der Waals surface area contributed by atoms with E-state index in [2.05, 4.69) is 10.6 Å². The summed E-state index contributed by atoms with van der Waals surface area (Å²) in [5.74, 6) is -2.06. The van der Waals surface area contributed by atoms with Crippen LogP contribution in [0.3, 0.4) is 0 Å². The third-order valence-electron chi connectivity index (χ3n) is 2.75. The third kappa shape index (κ3) is 6.05. The summed E-state index contributed by atoms with van der Waals surface area (Å²) in [5, 5.41) is 13.5. The zero-order valence-corrected chi connectivity index (χ0v) is 11.6. The number of carbonyl (C=O) groups excluding carboxylic acids is 3. The molecule has 0 fully saturated rings. The molecule has 0 aliphatic rings. The minimum atomic E-state index is -0.774. The Morgan fingerprint density at radius 3 is 2.24 bits per heavy atom. The average Bonchev–Trinajstić information content (AvgIpc) is 2.47. The number of aliphatic hydroxyl groups is 1. The van der Waals surface area contributed by atoms with Gasteiger partial charge in [-0.15, -0.1) is 0 Å². The maximum atomic E-state index is 11.6. The second kappa shape index (κ2) is 8.70. The van der Waals surface area contributed by atoms with Crippen molar-refractivity contribution in [3.63, 3.8) is 0 Å². The molecule has 0 saturated heterocycles. The number of amides is 3. The van der Waals surface area contributed by atoms with Gasteiger partial charge >= 0.3 is 11.8 Å². The fraction of sp³-hybridized carbons (Fsp3) is 0.357. The Balaban J connectivity index is 2.38. The van der Waals surface area contributed by atoms with Gasteiger partial charge in [-0.3, -0.25) is 14.4 Å². The topological polar surface area (TPSA) is 122 Å². The van der Waals surface area contributed by atoms with Crippen LogP contribution in [0.4, 0.5) is 5.69 Å². The Bertz CT molecular complexity index is 499. The molecule has 114 valence electrons. The first kappa shape index (κ1) is 16.6. The van der Waals surface area contributed by atoms with Gasteiger partial charge < -0.3 is 21.5 Å². The number of carbonyl (C=O) groups is 3. The van der Waals surface area contributed by atoms with Gasteiger partial charge in [-0.1, -0.05) is 0 Å². The summed E-state index contributed by atoms with van der Waals surface area (Å²) < 4.78 is 0. The van der Waals surface area contributed by atoms with Gasteiger partial charge in [0.15, 0.2) is 0 Å². The summed E-state index contributed by atoms with van der Waals surface area (Å²) in [6, 6.07) is 5.91. The van der Waals surface area contributed by atoms with Crippen LogP contribution in [0.2, 0.25) is 0 Å². The van der Waals surface area contributed by atoms with E-state index in [9.17, 15) is 14.4 Å². The quantitative estimate of drug-likeness (QED) is 0.417. The van der Waals surface area contributed by atoms with E-state index in [0.717, 1.165) is 6.42 Å². The van der Waals surface area contributed by atoms with Crippen molar-refractivity contribution in [1.82, 2.24) is 5.32 Å². The highest BCUT2D eigenvalue weighted by molar-refractivity contribution is 6.39. The number of rotatable bonds is 7. The molecule has 0 aliphatic heterocycles. The average molecular weight is 293 g/mol. The van der Waals surface area contributed by atoms with E-state index in [1.807, 2.05) is 0 Å². The molecule has 5 N–H and O–H groups in total. The van der Waals surface area contributed by atoms with E-state index in [4.69, 9.17) is 10.8 Å². The number of primary amides is 1. The summed E-state index contributed by atoms with van der Waals surface area (Å²) in [6.07, 6.45) is 2.16. The van der Waals surface area contributed by atoms with Crippen LogP contribution in [0.5, 0.6) is 0 Å². The van der Waals surface area contributed by atoms with Crippen LogP contribution in [0.25, 0.3) is 0 Å². The van der Waals surface area contributed by atoms with E-state index >= 15 is 0 Å². The predicted octanol–water partition coefficient (Wildman–Crippen LogP) is 0.00280. The van der Waals surface area contributed by atoms with Crippen molar-refractivity contribution in [2.24, 2.45) is 5.73 Å². The molecule has 7 heteroatoms. The van der Waals surface area contributed by atoms with Gasteiger partial charge in [0.05, 0.1) is 0 Å². The smallest absolute Gasteiger partial charge is 0.313 e. The molecule has 21 heavy (non-hydrogen) atoms. The van der Waals surface area contributed by atoms with Crippen LogP contribution >= 0.6 is 0 Å². The molecule has 0 aromatic heterocycles. The van der Waals surface area contributed by atoms with E-state index in [0.29, 0.717) is 30.6 Å². The van der Waals surface area contributed by atoms with Crippen LogP contribution in [0.15, 0.2) is 24.3 Å². The molecular formula is C14H19N3O4. The molecule has 3 amide bonds. The summed E-state index contributed by atoms with van der Waals surface area (Å²) in [4.78, 5) is 34.0. The van der Waals surface area contributed by atoms with E-state index in [-0.39, 0.29) is 6.61 Å². The van der Waals surface area contributed by atoms with Crippen molar-refractivity contribution in [2.45, 2.75) is 19.3 Å². The van der Waals surface area contributed by atoms with Crippen molar-refractivity contribution in [3.8, 4) is 0 Å². The lowest BCUT2D eigenvalue weighted by Crippen LogP contribution is -2.35. The van der Waals surface area contributed by atoms with E-state index < -0.39 is 17.7 Å². The highest BCUT2D eigenvalue weighted by atomic mass is 16.3. The highest BCUT2D eigenvalue weighted by Crippen LogP contribution is 2.08. The van der Waals surface area contributed by atoms with Crippen molar-refractivity contribution >= 4 is 23.4 Å². The highest BCUT2D eigenvalue weighted by Gasteiger charge is 2.13. The minimum absolute atomic E-state index is 0.121. The molecule has 0 bridgehead atoms. The van der Waals surface area contributed by atoms with Crippen LogP contribution < -0.4 is 16.4 Å². The van der Waals surface area contributed by atoms with Crippen molar-refractivity contribution in [1.29, 1.82) is 0 Å². The fourth-order valence-electron chi connectivity index (χ4n) is 1.60. The minimum Gasteiger partial charge on any atom is -0.396 e. The molecule has 7 nitrogen and oxygen atoms in total. The van der Waals surface area contributed by atoms with Gasteiger partial charge in [0.25, 0.3) is 0 Å². The number of nitrogens with one attached hydrogen (secondary N) is 2. The molecule has 0 spiro atoms. The van der Waals surface area contributed by atoms with Crippen LogP contribution in [-0.2, 0) is 9.59 Å². The number of nitrogens with two attached hydrogens (primary N) is 1. The molecule has 0 unspecified atom stereocenters. The van der Waals surface area contributed by atoms with Crippen LogP contribution in [0.1, 0.15) is 29.6 Å². The van der Waals surface area contributed by atoms with E-state index in [1.54, 1.807) is 0 Å². The van der Waals surface area contributed by atoms with Gasteiger partial charge in [-0.05, 0) is 43.5 Å². The monoisotopic (exact) mass is 293 g/mol. The van der Waals surface area contributed by atoms with Gasteiger partial charge in [0.1, 0.15) is 0 Å². The Kier molecular flexibility index (Phi) is 6.90. The maximum absolute atomic E-state index is 11.6. The summed E-state index contributed by atoms with van der Waals surface area (Å²) in [5.41, 5.74) is 5.82. The van der Waals surface area contributed by atoms with Crippen molar-refractivity contribution in [2.75, 3.05) is 18.5 Å². The molecule has 0 radical (unpaired) electrons. The third-order valence-corrected chi connectivity index (χ3v) is 2.75. The lowest BCUT2D eigenvalue weighted by Gasteiger charge is -2.06. The number of aliphatic hydroxyl groups excluding tert-OH is 1. The lowest BCUT2D eigenvalue weighted by atomic mass is 10.2. The standard InChI is InChI=1S/C14H19N3O4/c15-12(19)10-4-6-11(7-5-10)17-14(21)13(20)16-8-2-1-3-9-18/h4-7,18H,1-3,8-9H2,(H2,15,19)(H,16,20)(H,17,21). The number of unbranched alkanes of at least 4 members (excludes halogenated alkanes) is 2. The first-order valence-electron chi connectivity index (χ1n) is 6.64. The number of anilines is 1. The molecule has 0 atom stereocenters. The molecule has 0 saturated carbocycles. The molecule has 1 aromatic rings. The molecule has 0 aliphatic carbocycles. The van der Waals surface area contributed by atoms with Crippen LogP contribution in [0, 0.1) is 0 Å². The lowest BCUT2D eigenvalue weighted by molar-refractivity contribution is -0.136. The Morgan fingerprint density at radius 1 is 1.00 bits per heavy atom. The first-order chi connectivity index (χ1) is 10.0. The second-order valence-corrected chi connectivity index (χ2v) is 4.44. The van der Waals surface area contributed by atoms with Gasteiger partial charge in [-0.2, -0.15) is 0 Å². The maximum Gasteiger partial charge on any atom is 0.313 e. The fourth-order valence-corrected chi connectivity index (χ4v) is 1.60. The van der Waals surface area contributed by atoms with Crippen LogP contribution in [-0.4, -0.2) is 36.0 Å². The predicted molar refractivity (Wildman–Crippen MR) is 77.5 cm³/mol. The molecule has 1 rings (SSSR count). The SMILES string of the molecule is NC(=O)c1ccc(NC(=O)C(=O)NCCCCCO)cc1. The van der Waals surface area contributed by atoms with Crippen molar-refractivity contribution in [3.05, 3.63) is 29.8 Å². The van der Waals surface area contributed by atoms with Gasteiger partial charge in [0, 0.05) is 24.4 Å². The van der Waals surface area contributed by atoms with Gasteiger partial charge in [-0.25, -0.2) is 0 Å². The second-order valence-electron chi connectivity index (χ2n) is 4.44. The first-order valence-corrected chi connectivity index (χ1v) is 6.64. The number of hydrogen-bond donors (Lipinski definition) is 4. The largest absolute Gasteiger partial charge is 0.396 e. The summed E-state index contributed by atoms with van der Waals surface area (Å²) in [6.45, 7) is 0.503. The number of benzene rings is 1. The number of hydrogen-bond acceptors (Lipinski definition) is 4. The normalized spacial score (nSPS) is 9.95. The zero-order chi connectivity index (χ0) is 15.7. The Hall–Kier alpha value is -2.41. The van der Waals surface area contributed by atoms with Crippen molar-refractivity contribution < 1.29 is 19.5 Å². The Labute approximate surface area is 122 Å². The Morgan fingerprint density at radius 2 is 1.67 bits per heavy atom. The van der Waals surface area contributed by atoms with E-state index in [1.165, 1.54) is 24.3 Å². The summed E-state index contributed by atoms with van der Waals surface area (Å²) in [7, 11) is 0. The molecular weight excluding hydrogens is 274 g/mol. The molecule has 1 aromatic carbocycles. The van der Waals surface area contributed by atoms with Gasteiger partial charge in [0.2, 0.25) is 5.91 Å². The zero-order valence-electron chi connectivity index (χ0n) is 11.6. The molecule has 0 heterocycles. The summed E-state index contributed by atoms with van der Waals surface area (Å²) >= 11 is 0.